The van der Waals surface area contributed by atoms with Crippen LogP contribution in [0.25, 0.3) is 10.9 Å². The standard InChI is InChI=1S/C16H16N2S/c1-2-11-8-10-19-16(11)14(17)13-7-3-5-12-6-4-9-18-15(12)13/h3-10,14H,2,17H2,1H3. The van der Waals surface area contributed by atoms with Crippen LogP contribution in [-0.4, -0.2) is 4.98 Å². The number of hydrogen-bond donors (Lipinski definition) is 1. The van der Waals surface area contributed by atoms with Crippen LogP contribution < -0.4 is 5.73 Å². The van der Waals surface area contributed by atoms with Gasteiger partial charge in [-0.1, -0.05) is 31.2 Å². The Labute approximate surface area is 116 Å². The van der Waals surface area contributed by atoms with Crippen LogP contribution in [0.3, 0.4) is 0 Å². The first-order valence-corrected chi connectivity index (χ1v) is 7.34. The molecule has 19 heavy (non-hydrogen) atoms. The topological polar surface area (TPSA) is 38.9 Å². The fraction of sp³-hybridized carbons (Fsp3) is 0.188. The molecule has 0 bridgehead atoms. The van der Waals surface area contributed by atoms with E-state index in [0.29, 0.717) is 0 Å². The zero-order valence-electron chi connectivity index (χ0n) is 10.8. The zero-order chi connectivity index (χ0) is 13.2. The third kappa shape index (κ3) is 2.15. The molecule has 0 aliphatic heterocycles. The van der Waals surface area contributed by atoms with Gasteiger partial charge in [-0.2, -0.15) is 0 Å². The Morgan fingerprint density at radius 3 is 2.89 bits per heavy atom. The molecule has 0 radical (unpaired) electrons. The highest BCUT2D eigenvalue weighted by atomic mass is 32.1. The molecule has 2 heterocycles. The first kappa shape index (κ1) is 12.3. The van der Waals surface area contributed by atoms with Crippen LogP contribution in [-0.2, 0) is 6.42 Å². The maximum absolute atomic E-state index is 6.47. The van der Waals surface area contributed by atoms with Crippen LogP contribution in [0.15, 0.2) is 48.0 Å². The predicted molar refractivity (Wildman–Crippen MR) is 81.5 cm³/mol. The third-order valence-corrected chi connectivity index (χ3v) is 4.49. The quantitative estimate of drug-likeness (QED) is 0.782. The smallest absolute Gasteiger partial charge is 0.0753 e. The number of para-hydroxylation sites is 1. The van der Waals surface area contributed by atoms with E-state index in [0.717, 1.165) is 22.9 Å². The van der Waals surface area contributed by atoms with Crippen LogP contribution in [0.2, 0.25) is 0 Å². The van der Waals surface area contributed by atoms with Gasteiger partial charge in [0.1, 0.15) is 0 Å². The number of hydrogen-bond acceptors (Lipinski definition) is 3. The van der Waals surface area contributed by atoms with Crippen molar-refractivity contribution < 1.29 is 0 Å². The molecular formula is C16H16N2S. The summed E-state index contributed by atoms with van der Waals surface area (Å²) >= 11 is 1.73. The molecule has 2 nitrogen and oxygen atoms in total. The summed E-state index contributed by atoms with van der Waals surface area (Å²) < 4.78 is 0. The summed E-state index contributed by atoms with van der Waals surface area (Å²) in [7, 11) is 0. The molecule has 3 heteroatoms. The number of benzene rings is 1. The highest BCUT2D eigenvalue weighted by molar-refractivity contribution is 7.10. The largest absolute Gasteiger partial charge is 0.320 e. The van der Waals surface area contributed by atoms with E-state index < -0.39 is 0 Å². The number of fused-ring (bicyclic) bond motifs is 1. The van der Waals surface area contributed by atoms with Crippen LogP contribution in [0.4, 0.5) is 0 Å². The van der Waals surface area contributed by atoms with Gasteiger partial charge < -0.3 is 5.73 Å². The van der Waals surface area contributed by atoms with E-state index in [2.05, 4.69) is 47.6 Å². The van der Waals surface area contributed by atoms with Crippen molar-refractivity contribution in [3.05, 3.63) is 64.0 Å². The molecule has 0 amide bonds. The molecule has 0 saturated heterocycles. The molecule has 0 saturated carbocycles. The molecule has 2 aromatic heterocycles. The van der Waals surface area contributed by atoms with E-state index in [1.165, 1.54) is 10.4 Å². The van der Waals surface area contributed by atoms with Gasteiger partial charge in [0.15, 0.2) is 0 Å². The minimum absolute atomic E-state index is 0.0893. The average molecular weight is 268 g/mol. The van der Waals surface area contributed by atoms with E-state index in [9.17, 15) is 0 Å². The number of thiophene rings is 1. The van der Waals surface area contributed by atoms with E-state index >= 15 is 0 Å². The summed E-state index contributed by atoms with van der Waals surface area (Å²) in [6.07, 6.45) is 2.85. The summed E-state index contributed by atoms with van der Waals surface area (Å²) in [5, 5.41) is 3.26. The van der Waals surface area contributed by atoms with Gasteiger partial charge >= 0.3 is 0 Å². The van der Waals surface area contributed by atoms with Gasteiger partial charge in [0, 0.05) is 22.0 Å². The Hall–Kier alpha value is -1.71. The monoisotopic (exact) mass is 268 g/mol. The Kier molecular flexibility index (Phi) is 3.32. The van der Waals surface area contributed by atoms with Crippen LogP contribution in [0.5, 0.6) is 0 Å². The number of nitrogens with two attached hydrogens (primary N) is 1. The van der Waals surface area contributed by atoms with Gasteiger partial charge in [-0.05, 0) is 29.5 Å². The summed E-state index contributed by atoms with van der Waals surface area (Å²) in [6, 6.07) is 12.3. The van der Waals surface area contributed by atoms with Crippen LogP contribution in [0, 0.1) is 0 Å². The molecule has 3 rings (SSSR count). The van der Waals surface area contributed by atoms with Crippen molar-refractivity contribution in [3.63, 3.8) is 0 Å². The molecule has 0 fully saturated rings. The van der Waals surface area contributed by atoms with Gasteiger partial charge in [-0.15, -0.1) is 11.3 Å². The van der Waals surface area contributed by atoms with Gasteiger partial charge in [0.2, 0.25) is 0 Å². The van der Waals surface area contributed by atoms with Crippen molar-refractivity contribution >= 4 is 22.2 Å². The number of pyridine rings is 1. The lowest BCUT2D eigenvalue weighted by molar-refractivity contribution is 0.879. The number of nitrogens with zero attached hydrogens (tertiary/aromatic N) is 1. The second kappa shape index (κ2) is 5.11. The predicted octanol–water partition coefficient (Wildman–Crippen LogP) is 3.91. The van der Waals surface area contributed by atoms with E-state index in [1.807, 2.05) is 12.3 Å². The van der Waals surface area contributed by atoms with Crippen molar-refractivity contribution in [2.24, 2.45) is 5.73 Å². The molecule has 3 aromatic rings. The van der Waals surface area contributed by atoms with Gasteiger partial charge in [0.25, 0.3) is 0 Å². The van der Waals surface area contributed by atoms with Gasteiger partial charge in [-0.25, -0.2) is 0 Å². The summed E-state index contributed by atoms with van der Waals surface area (Å²) in [5.41, 5.74) is 9.93. The number of aryl methyl sites for hydroxylation is 1. The molecular weight excluding hydrogens is 252 g/mol. The fourth-order valence-corrected chi connectivity index (χ4v) is 3.45. The maximum Gasteiger partial charge on any atom is 0.0753 e. The summed E-state index contributed by atoms with van der Waals surface area (Å²) in [5.74, 6) is 0. The number of rotatable bonds is 3. The Morgan fingerprint density at radius 1 is 1.21 bits per heavy atom. The third-order valence-electron chi connectivity index (χ3n) is 3.44. The van der Waals surface area contributed by atoms with E-state index in [4.69, 9.17) is 5.73 Å². The molecule has 2 N–H and O–H groups in total. The molecule has 1 unspecified atom stereocenters. The Morgan fingerprint density at radius 2 is 2.05 bits per heavy atom. The fourth-order valence-electron chi connectivity index (χ4n) is 2.43. The van der Waals surface area contributed by atoms with Crippen LogP contribution >= 0.6 is 11.3 Å². The number of aromatic nitrogens is 1. The van der Waals surface area contributed by atoms with Crippen molar-refractivity contribution in [2.45, 2.75) is 19.4 Å². The lowest BCUT2D eigenvalue weighted by Gasteiger charge is -2.14. The normalized spacial score (nSPS) is 12.7. The molecule has 0 aliphatic carbocycles. The zero-order valence-corrected chi connectivity index (χ0v) is 11.7. The van der Waals surface area contributed by atoms with Crippen molar-refractivity contribution in [1.82, 2.24) is 4.98 Å². The van der Waals surface area contributed by atoms with Gasteiger partial charge in [-0.3, -0.25) is 4.98 Å². The van der Waals surface area contributed by atoms with E-state index in [-0.39, 0.29) is 6.04 Å². The first-order chi connectivity index (χ1) is 9.31. The van der Waals surface area contributed by atoms with Crippen molar-refractivity contribution in [2.75, 3.05) is 0 Å². The van der Waals surface area contributed by atoms with Gasteiger partial charge in [0.05, 0.1) is 11.6 Å². The highest BCUT2D eigenvalue weighted by Crippen LogP contribution is 2.31. The SMILES string of the molecule is CCc1ccsc1C(N)c1cccc2cccnc12. The molecule has 1 aromatic carbocycles. The molecule has 1 atom stereocenters. The minimum Gasteiger partial charge on any atom is -0.320 e. The minimum atomic E-state index is -0.0893. The first-order valence-electron chi connectivity index (χ1n) is 6.46. The maximum atomic E-state index is 6.47. The Bertz CT molecular complexity index is 697. The van der Waals surface area contributed by atoms with Crippen molar-refractivity contribution in [1.29, 1.82) is 0 Å². The average Bonchev–Trinajstić information content (AvgIpc) is 2.94. The van der Waals surface area contributed by atoms with Crippen LogP contribution in [0.1, 0.15) is 29.0 Å². The molecule has 96 valence electrons. The second-order valence-electron chi connectivity index (χ2n) is 4.56. The Balaban J connectivity index is 2.14. The van der Waals surface area contributed by atoms with E-state index in [1.54, 1.807) is 11.3 Å². The summed E-state index contributed by atoms with van der Waals surface area (Å²) in [6.45, 7) is 2.17. The summed E-state index contributed by atoms with van der Waals surface area (Å²) in [4.78, 5) is 5.74. The second-order valence-corrected chi connectivity index (χ2v) is 5.51. The van der Waals surface area contributed by atoms with Crippen molar-refractivity contribution in [3.8, 4) is 0 Å². The highest BCUT2D eigenvalue weighted by Gasteiger charge is 2.16. The molecule has 0 spiro atoms. The molecule has 0 aliphatic rings. The lowest BCUT2D eigenvalue weighted by Crippen LogP contribution is -2.12. The lowest BCUT2D eigenvalue weighted by atomic mass is 9.99.